The van der Waals surface area contributed by atoms with E-state index in [1.807, 2.05) is 0 Å². The van der Waals surface area contributed by atoms with Crippen molar-refractivity contribution in [2.24, 2.45) is 5.10 Å². The molecule has 0 aliphatic rings. The van der Waals surface area contributed by atoms with E-state index in [0.717, 1.165) is 6.07 Å². The molecule has 0 fully saturated rings. The number of nitrogens with zero attached hydrogens (tertiary/aromatic N) is 3. The molecule has 20 heavy (non-hydrogen) atoms. The number of nitrogens with two attached hydrogens (primary N) is 1. The number of nitrogen functional groups attached to an aromatic ring is 1. The van der Waals surface area contributed by atoms with E-state index in [9.17, 15) is 13.2 Å². The predicted octanol–water partition coefficient (Wildman–Crippen LogP) is 3.33. The summed E-state index contributed by atoms with van der Waals surface area (Å²) < 4.78 is 39.4. The van der Waals surface area contributed by atoms with Crippen LogP contribution >= 0.6 is 11.6 Å². The van der Waals surface area contributed by atoms with Gasteiger partial charge in [0.05, 0.1) is 28.7 Å². The Labute approximate surface area is 117 Å². The van der Waals surface area contributed by atoms with Crippen LogP contribution < -0.4 is 5.73 Å². The maximum atomic E-state index is 12.7. The van der Waals surface area contributed by atoms with Crippen LogP contribution in [0, 0.1) is 6.92 Å². The van der Waals surface area contributed by atoms with Crippen LogP contribution in [0.25, 0.3) is 0 Å². The van der Waals surface area contributed by atoms with Gasteiger partial charge in [-0.05, 0) is 24.6 Å². The number of benzene rings is 1. The van der Waals surface area contributed by atoms with E-state index in [1.54, 1.807) is 13.1 Å². The summed E-state index contributed by atoms with van der Waals surface area (Å²) in [5, 5.41) is 3.59. The summed E-state index contributed by atoms with van der Waals surface area (Å²) in [6.07, 6.45) is -1.69. The van der Waals surface area contributed by atoms with E-state index in [-0.39, 0.29) is 16.5 Å². The summed E-state index contributed by atoms with van der Waals surface area (Å²) in [4.78, 5) is 3.92. The van der Waals surface area contributed by atoms with Crippen molar-refractivity contribution in [3.63, 3.8) is 0 Å². The first-order chi connectivity index (χ1) is 9.27. The number of aromatic nitrogens is 2. The fourth-order valence-electron chi connectivity index (χ4n) is 1.57. The Morgan fingerprint density at radius 2 is 2.10 bits per heavy atom. The maximum absolute atomic E-state index is 12.7. The topological polar surface area (TPSA) is 56.2 Å². The summed E-state index contributed by atoms with van der Waals surface area (Å²) in [5.74, 6) is 0.156. The quantitative estimate of drug-likeness (QED) is 0.865. The molecule has 0 amide bonds. The van der Waals surface area contributed by atoms with E-state index in [0.29, 0.717) is 5.69 Å². The highest BCUT2D eigenvalue weighted by molar-refractivity contribution is 6.31. The molecular weight excluding hydrogens is 293 g/mol. The Balaban J connectivity index is 2.33. The van der Waals surface area contributed by atoms with Crippen LogP contribution in [0.1, 0.15) is 16.8 Å². The molecule has 1 aromatic carbocycles. The summed E-state index contributed by atoms with van der Waals surface area (Å²) in [7, 11) is 0. The first-order valence-electron chi connectivity index (χ1n) is 5.50. The normalized spacial score (nSPS) is 12.2. The average molecular weight is 303 g/mol. The highest BCUT2D eigenvalue weighted by Crippen LogP contribution is 2.34. The van der Waals surface area contributed by atoms with Gasteiger partial charge in [-0.15, -0.1) is 0 Å². The molecule has 0 bridgehead atoms. The molecule has 0 saturated carbocycles. The summed E-state index contributed by atoms with van der Waals surface area (Å²) in [5.41, 5.74) is 5.58. The van der Waals surface area contributed by atoms with E-state index >= 15 is 0 Å². The molecule has 0 aliphatic carbocycles. The molecule has 0 unspecified atom stereocenters. The van der Waals surface area contributed by atoms with Crippen molar-refractivity contribution < 1.29 is 13.2 Å². The third-order valence-corrected chi connectivity index (χ3v) is 2.79. The number of anilines is 1. The summed E-state index contributed by atoms with van der Waals surface area (Å²) in [6, 6.07) is 3.53. The van der Waals surface area contributed by atoms with Gasteiger partial charge in [-0.2, -0.15) is 18.3 Å². The number of aryl methyl sites for hydroxylation is 1. The van der Waals surface area contributed by atoms with E-state index < -0.39 is 11.7 Å². The minimum atomic E-state index is -4.51. The fraction of sp³-hybridized carbons (Fsp3) is 0.167. The molecule has 8 heteroatoms. The van der Waals surface area contributed by atoms with E-state index in [4.69, 9.17) is 17.3 Å². The maximum Gasteiger partial charge on any atom is 0.417 e. The number of hydrogen-bond acceptors (Lipinski definition) is 3. The highest BCUT2D eigenvalue weighted by atomic mass is 35.5. The van der Waals surface area contributed by atoms with E-state index in [2.05, 4.69) is 10.1 Å². The Bertz CT molecular complexity index is 661. The minimum absolute atomic E-state index is 0.156. The van der Waals surface area contributed by atoms with Crippen molar-refractivity contribution >= 4 is 23.8 Å². The second-order valence-electron chi connectivity index (χ2n) is 4.07. The van der Waals surface area contributed by atoms with Crippen LogP contribution in [0.5, 0.6) is 0 Å². The second kappa shape index (κ2) is 5.16. The van der Waals surface area contributed by atoms with Gasteiger partial charge in [0.15, 0.2) is 0 Å². The predicted molar refractivity (Wildman–Crippen MR) is 70.8 cm³/mol. The lowest BCUT2D eigenvalue weighted by Crippen LogP contribution is -2.06. The summed E-state index contributed by atoms with van der Waals surface area (Å²) >= 11 is 5.53. The average Bonchev–Trinajstić information content (AvgIpc) is 2.65. The standard InChI is InChI=1S/C12H10ClF3N4/c1-7-6-20(11(17)19-7)18-5-8-2-3-10(13)9(4-8)12(14,15)16/h2-6H,1H3,(H2,17,19). The molecule has 0 spiro atoms. The fourth-order valence-corrected chi connectivity index (χ4v) is 1.79. The lowest BCUT2D eigenvalue weighted by Gasteiger charge is -2.09. The molecule has 2 rings (SSSR count). The molecule has 2 aromatic rings. The van der Waals surface area contributed by atoms with Crippen molar-refractivity contribution in [3.8, 4) is 0 Å². The largest absolute Gasteiger partial charge is 0.417 e. The van der Waals surface area contributed by atoms with Gasteiger partial charge in [0.2, 0.25) is 5.95 Å². The van der Waals surface area contributed by atoms with Gasteiger partial charge < -0.3 is 5.73 Å². The number of alkyl halides is 3. The van der Waals surface area contributed by atoms with Gasteiger partial charge >= 0.3 is 6.18 Å². The number of imidazole rings is 1. The molecule has 0 radical (unpaired) electrons. The Morgan fingerprint density at radius 3 is 2.65 bits per heavy atom. The molecule has 0 aliphatic heterocycles. The molecule has 0 atom stereocenters. The lowest BCUT2D eigenvalue weighted by atomic mass is 10.1. The molecular formula is C12H10ClF3N4. The van der Waals surface area contributed by atoms with Gasteiger partial charge in [0.1, 0.15) is 0 Å². The SMILES string of the molecule is Cc1cn(N=Cc2ccc(Cl)c(C(F)(F)F)c2)c(N)n1. The van der Waals surface area contributed by atoms with Crippen LogP contribution in [0.3, 0.4) is 0 Å². The zero-order chi connectivity index (χ0) is 14.9. The van der Waals surface area contributed by atoms with Crippen LogP contribution in [-0.4, -0.2) is 15.9 Å². The third kappa shape index (κ3) is 3.11. The zero-order valence-electron chi connectivity index (χ0n) is 10.3. The number of hydrogen-bond donors (Lipinski definition) is 1. The van der Waals surface area contributed by atoms with Crippen LogP contribution in [0.15, 0.2) is 29.5 Å². The van der Waals surface area contributed by atoms with E-state index in [1.165, 1.54) is 23.0 Å². The van der Waals surface area contributed by atoms with Crippen molar-refractivity contribution in [2.75, 3.05) is 5.73 Å². The molecule has 4 nitrogen and oxygen atoms in total. The first-order valence-corrected chi connectivity index (χ1v) is 5.88. The molecule has 2 N–H and O–H groups in total. The first kappa shape index (κ1) is 14.4. The smallest absolute Gasteiger partial charge is 0.368 e. The second-order valence-corrected chi connectivity index (χ2v) is 4.47. The molecule has 0 saturated heterocycles. The Hall–Kier alpha value is -2.02. The van der Waals surface area contributed by atoms with Gasteiger partial charge in [0, 0.05) is 0 Å². The summed E-state index contributed by atoms with van der Waals surface area (Å²) in [6.45, 7) is 1.73. The van der Waals surface area contributed by atoms with Gasteiger partial charge in [0.25, 0.3) is 0 Å². The Morgan fingerprint density at radius 1 is 1.40 bits per heavy atom. The van der Waals surface area contributed by atoms with Gasteiger partial charge in [-0.25, -0.2) is 9.66 Å². The van der Waals surface area contributed by atoms with Crippen LogP contribution in [0.4, 0.5) is 19.1 Å². The van der Waals surface area contributed by atoms with Crippen molar-refractivity contribution in [1.29, 1.82) is 0 Å². The number of rotatable bonds is 2. The monoisotopic (exact) mass is 302 g/mol. The van der Waals surface area contributed by atoms with Crippen molar-refractivity contribution in [1.82, 2.24) is 9.66 Å². The molecule has 1 aromatic heterocycles. The Kier molecular flexibility index (Phi) is 3.71. The van der Waals surface area contributed by atoms with Gasteiger partial charge in [-0.1, -0.05) is 17.7 Å². The highest BCUT2D eigenvalue weighted by Gasteiger charge is 2.33. The van der Waals surface area contributed by atoms with Crippen LogP contribution in [-0.2, 0) is 6.18 Å². The van der Waals surface area contributed by atoms with Crippen molar-refractivity contribution in [2.45, 2.75) is 13.1 Å². The van der Waals surface area contributed by atoms with Crippen LogP contribution in [0.2, 0.25) is 5.02 Å². The minimum Gasteiger partial charge on any atom is -0.368 e. The third-order valence-electron chi connectivity index (χ3n) is 2.46. The van der Waals surface area contributed by atoms with Gasteiger partial charge in [-0.3, -0.25) is 0 Å². The van der Waals surface area contributed by atoms with Crippen molar-refractivity contribution in [3.05, 3.63) is 46.2 Å². The lowest BCUT2D eigenvalue weighted by molar-refractivity contribution is -0.137. The molecule has 106 valence electrons. The molecule has 1 heterocycles. The number of halogens is 4. The zero-order valence-corrected chi connectivity index (χ0v) is 11.1.